The van der Waals surface area contributed by atoms with Crippen molar-refractivity contribution < 1.29 is 42.8 Å². The monoisotopic (exact) mass is 978 g/mol. The molecule has 1 saturated heterocycles. The number of carbonyl (C=O) groups is 5. The highest BCUT2D eigenvalue weighted by atomic mass is 16.7. The van der Waals surface area contributed by atoms with Crippen molar-refractivity contribution in [2.45, 2.75) is 129 Å². The molecule has 8 N–H and O–H groups in total. The number of nitrogens with zero attached hydrogens (tertiary/aromatic N) is 1. The van der Waals surface area contributed by atoms with Crippen molar-refractivity contribution in [2.75, 3.05) is 52.9 Å². The summed E-state index contributed by atoms with van der Waals surface area (Å²) < 4.78 is 25.6. The fourth-order valence-corrected chi connectivity index (χ4v) is 10.9. The van der Waals surface area contributed by atoms with Gasteiger partial charge >= 0.3 is 7.12 Å². The van der Waals surface area contributed by atoms with E-state index < -0.39 is 67.4 Å². The molecule has 0 spiro atoms. The fourth-order valence-electron chi connectivity index (χ4n) is 10.9. The predicted octanol–water partition coefficient (Wildman–Crippen LogP) is 5.18. The molecule has 2 aliphatic heterocycles. The van der Waals surface area contributed by atoms with Gasteiger partial charge in [-0.05, 0) is 129 Å². The fraction of sp³-hybridized carbons (Fsp3) is 0.574. The third-order valence-electron chi connectivity index (χ3n) is 15.3. The zero-order chi connectivity index (χ0) is 50.7. The summed E-state index contributed by atoms with van der Waals surface area (Å²) in [7, 11) is 0.819. The number of ether oxygens (including phenoxy) is 2. The van der Waals surface area contributed by atoms with Crippen LogP contribution in [0.2, 0.25) is 0 Å². The minimum absolute atomic E-state index is 0.0650. The van der Waals surface area contributed by atoms with Crippen LogP contribution in [0, 0.1) is 17.3 Å². The Morgan fingerprint density at radius 3 is 2.21 bits per heavy atom. The molecular weight excluding hydrogens is 901 g/mol. The number of fused-ring (bicyclic) bond motifs is 5. The van der Waals surface area contributed by atoms with E-state index in [2.05, 4.69) is 49.0 Å². The van der Waals surface area contributed by atoms with Gasteiger partial charge < -0.3 is 56.4 Å². The summed E-state index contributed by atoms with van der Waals surface area (Å²) in [6.07, 6.45) is 11.4. The van der Waals surface area contributed by atoms with Gasteiger partial charge in [0.1, 0.15) is 23.6 Å². The number of unbranched alkanes of at least 4 members (excludes halogenated alkanes) is 5. The average Bonchev–Trinajstić information content (AvgIpc) is 3.72. The zero-order valence-corrected chi connectivity index (χ0v) is 42.4. The molecule has 5 aliphatic rings. The van der Waals surface area contributed by atoms with Gasteiger partial charge in [-0.1, -0.05) is 77.1 Å². The van der Waals surface area contributed by atoms with Crippen molar-refractivity contribution in [1.82, 2.24) is 26.2 Å². The Kier molecular flexibility index (Phi) is 18.2. The molecule has 3 aromatic rings. The Hall–Kier alpha value is -5.49. The lowest BCUT2D eigenvalue weighted by molar-refractivity contribution is -0.199. The lowest BCUT2D eigenvalue weighted by Crippen LogP contribution is -2.65. The second-order valence-corrected chi connectivity index (χ2v) is 20.6. The SMILES string of the molecule is CCCCCCCCc1ccc(C(=O)NCC(=O)N(C)C2C(=O)NCC(=O)NC(C(=O)NCB3O[C@@H]4CC5CC(C5(C)C)[C@]4(C)O3)Cc3ccc(OCCCN)c(c3)-c3cc2ccc3OCCCN)cc1. The van der Waals surface area contributed by atoms with E-state index in [1.165, 1.54) is 44.1 Å². The molecule has 4 fully saturated rings. The largest absolute Gasteiger partial charge is 0.493 e. The minimum Gasteiger partial charge on any atom is -0.493 e. The molecular formula is C54H76BN7O9. The maximum atomic E-state index is 14.4. The highest BCUT2D eigenvalue weighted by Crippen LogP contribution is 2.65. The van der Waals surface area contributed by atoms with E-state index >= 15 is 0 Å². The Morgan fingerprint density at radius 2 is 1.52 bits per heavy atom. The molecule has 8 rings (SSSR count). The first-order valence-electron chi connectivity index (χ1n) is 25.9. The highest BCUT2D eigenvalue weighted by Gasteiger charge is 2.67. The molecule has 3 saturated carbocycles. The van der Waals surface area contributed by atoms with Crippen molar-refractivity contribution >= 4 is 36.7 Å². The van der Waals surface area contributed by atoms with E-state index in [9.17, 15) is 24.0 Å². The number of nitrogens with two attached hydrogens (primary N) is 2. The van der Waals surface area contributed by atoms with E-state index in [4.69, 9.17) is 30.2 Å². The van der Waals surface area contributed by atoms with Gasteiger partial charge in [0.2, 0.25) is 23.6 Å². The Labute approximate surface area is 419 Å². The van der Waals surface area contributed by atoms with Crippen LogP contribution in [-0.2, 0) is 41.3 Å². The first-order valence-corrected chi connectivity index (χ1v) is 25.9. The summed E-state index contributed by atoms with van der Waals surface area (Å²) in [6, 6.07) is 15.8. The number of rotatable bonds is 22. The number of benzene rings is 3. The van der Waals surface area contributed by atoms with E-state index in [0.717, 1.165) is 31.2 Å². The number of hydrogen-bond donors (Lipinski definition) is 6. The maximum absolute atomic E-state index is 14.4. The average molecular weight is 978 g/mol. The molecule has 6 atom stereocenters. The van der Waals surface area contributed by atoms with Gasteiger partial charge in [0, 0.05) is 30.2 Å². The van der Waals surface area contributed by atoms with Crippen molar-refractivity contribution in [2.24, 2.45) is 28.7 Å². The summed E-state index contributed by atoms with van der Waals surface area (Å²) >= 11 is 0. The van der Waals surface area contributed by atoms with E-state index in [1.54, 1.807) is 36.4 Å². The number of carbonyl (C=O) groups excluding carboxylic acids is 5. The van der Waals surface area contributed by atoms with E-state index in [0.29, 0.717) is 90.3 Å². The third kappa shape index (κ3) is 12.8. The van der Waals surface area contributed by atoms with Crippen LogP contribution in [0.3, 0.4) is 0 Å². The first-order chi connectivity index (χ1) is 34.2. The van der Waals surface area contributed by atoms with Crippen molar-refractivity contribution in [3.63, 3.8) is 0 Å². The molecule has 3 aromatic carbocycles. The second kappa shape index (κ2) is 24.3. The highest BCUT2D eigenvalue weighted by molar-refractivity contribution is 6.46. The molecule has 0 aromatic heterocycles. The van der Waals surface area contributed by atoms with Crippen molar-refractivity contribution in [3.8, 4) is 22.6 Å². The van der Waals surface area contributed by atoms with Crippen LogP contribution >= 0.6 is 0 Å². The molecule has 0 radical (unpaired) electrons. The molecule has 17 heteroatoms. The molecule has 384 valence electrons. The Bertz CT molecular complexity index is 2350. The van der Waals surface area contributed by atoms with Crippen LogP contribution < -0.4 is 42.2 Å². The smallest absolute Gasteiger partial charge is 0.478 e. The molecule has 6 bridgehead atoms. The predicted molar refractivity (Wildman–Crippen MR) is 273 cm³/mol. The van der Waals surface area contributed by atoms with Crippen LogP contribution in [0.25, 0.3) is 11.1 Å². The molecule has 16 nitrogen and oxygen atoms in total. The van der Waals surface area contributed by atoms with Gasteiger partial charge in [0.05, 0.1) is 44.5 Å². The molecule has 3 aliphatic carbocycles. The van der Waals surface area contributed by atoms with Crippen LogP contribution in [-0.4, -0.2) is 112 Å². The molecule has 2 heterocycles. The summed E-state index contributed by atoms with van der Waals surface area (Å²) in [5, 5.41) is 11.3. The summed E-state index contributed by atoms with van der Waals surface area (Å²) in [4.78, 5) is 71.0. The van der Waals surface area contributed by atoms with Gasteiger partial charge in [-0.3, -0.25) is 24.0 Å². The van der Waals surface area contributed by atoms with E-state index in [-0.39, 0.29) is 24.4 Å². The lowest BCUT2D eigenvalue weighted by Gasteiger charge is -2.64. The topological polar surface area (TPSA) is 226 Å². The zero-order valence-electron chi connectivity index (χ0n) is 42.4. The standard InChI is InChI=1S/C54H76BN7O9/c1-6-7-8-9-10-11-14-35-15-18-37(19-16-35)50(65)59-33-48(64)62(5)49-38-20-22-44(69-26-13-24-57)41(29-38)40-27-36(17-21-43(40)68-25-12-23-56)28-42(61-47(63)32-58-52(49)67)51(66)60-34-55-70-46-31-39-30-45(53(39,2)3)54(46,4)71-55/h15-22,27,29,39,42,45-46,49H,6-14,23-26,28,30-34,56-57H2,1-5H3,(H,58,67)(H,59,65)(H,60,66)(H,61,63)/t39?,42?,45?,46-,49?,54+/m1/s1. The van der Waals surface area contributed by atoms with Crippen LogP contribution in [0.15, 0.2) is 60.7 Å². The van der Waals surface area contributed by atoms with Gasteiger partial charge in [-0.15, -0.1) is 0 Å². The summed E-state index contributed by atoms with van der Waals surface area (Å²) in [6.45, 7) is 9.44. The van der Waals surface area contributed by atoms with Crippen molar-refractivity contribution in [3.05, 3.63) is 82.9 Å². The molecule has 5 amide bonds. The van der Waals surface area contributed by atoms with Gasteiger partial charge in [-0.25, -0.2) is 0 Å². The maximum Gasteiger partial charge on any atom is 0.478 e. The summed E-state index contributed by atoms with van der Waals surface area (Å²) in [5.41, 5.74) is 15.2. The first kappa shape index (κ1) is 53.3. The number of amides is 5. The van der Waals surface area contributed by atoms with Gasteiger partial charge in [0.15, 0.2) is 0 Å². The summed E-state index contributed by atoms with van der Waals surface area (Å²) in [5.74, 6) is -0.830. The van der Waals surface area contributed by atoms with Crippen LogP contribution in [0.4, 0.5) is 0 Å². The van der Waals surface area contributed by atoms with Crippen LogP contribution in [0.5, 0.6) is 11.5 Å². The Morgan fingerprint density at radius 1 is 0.845 bits per heavy atom. The van der Waals surface area contributed by atoms with Crippen molar-refractivity contribution in [1.29, 1.82) is 0 Å². The minimum atomic E-state index is -1.27. The number of likely N-dealkylation sites (N-methyl/N-ethyl adjacent to an activating group) is 1. The van der Waals surface area contributed by atoms with Gasteiger partial charge in [-0.2, -0.15) is 0 Å². The van der Waals surface area contributed by atoms with E-state index in [1.807, 2.05) is 24.3 Å². The normalized spacial score (nSPS) is 23.3. The second-order valence-electron chi connectivity index (χ2n) is 20.6. The van der Waals surface area contributed by atoms with Gasteiger partial charge in [0.25, 0.3) is 5.91 Å². The van der Waals surface area contributed by atoms with Crippen LogP contribution in [0.1, 0.15) is 125 Å². The Balaban J connectivity index is 1.12. The lowest BCUT2D eigenvalue weighted by atomic mass is 9.43. The number of hydrogen-bond acceptors (Lipinski definition) is 11. The number of aryl methyl sites for hydroxylation is 1. The molecule has 4 unspecified atom stereocenters. The quantitative estimate of drug-likeness (QED) is 0.0568. The number of nitrogens with one attached hydrogen (secondary N) is 4. The molecule has 71 heavy (non-hydrogen) atoms. The third-order valence-corrected chi connectivity index (χ3v) is 15.3.